The molecule has 16 heavy (non-hydrogen) atoms. The van der Waals surface area contributed by atoms with E-state index in [4.69, 9.17) is 5.73 Å². The average molecular weight is 220 g/mol. The van der Waals surface area contributed by atoms with Crippen molar-refractivity contribution in [3.05, 3.63) is 35.4 Å². The van der Waals surface area contributed by atoms with Gasteiger partial charge >= 0.3 is 0 Å². The number of hydrogen-bond donors (Lipinski definition) is 2. The molecule has 3 N–H and O–H groups in total. The molecule has 0 fully saturated rings. The molecule has 0 aliphatic rings. The molecule has 1 aromatic carbocycles. The molecular formula is C14H24N2. The van der Waals surface area contributed by atoms with Crippen LogP contribution in [0.25, 0.3) is 0 Å². The zero-order valence-corrected chi connectivity index (χ0v) is 10.5. The van der Waals surface area contributed by atoms with Crippen molar-refractivity contribution in [2.75, 3.05) is 19.6 Å². The van der Waals surface area contributed by atoms with Crippen molar-refractivity contribution < 1.29 is 0 Å². The van der Waals surface area contributed by atoms with E-state index in [0.717, 1.165) is 19.5 Å². The van der Waals surface area contributed by atoms with Crippen LogP contribution in [-0.2, 0) is 6.42 Å². The highest BCUT2D eigenvalue weighted by Gasteiger charge is 2.01. The van der Waals surface area contributed by atoms with E-state index in [0.29, 0.717) is 12.5 Å². The standard InChI is InChI=1S/C14H24N2/c1-3-12(2)14-6-4-13(5-7-14)8-10-16-11-9-15/h4-7,12,16H,3,8-11,15H2,1-2H3. The molecule has 2 heteroatoms. The lowest BCUT2D eigenvalue weighted by Gasteiger charge is -2.10. The minimum atomic E-state index is 0.671. The van der Waals surface area contributed by atoms with E-state index in [1.807, 2.05) is 0 Å². The molecule has 0 saturated heterocycles. The van der Waals surface area contributed by atoms with Crippen molar-refractivity contribution in [2.24, 2.45) is 5.73 Å². The molecule has 0 saturated carbocycles. The van der Waals surface area contributed by atoms with Crippen molar-refractivity contribution in [1.29, 1.82) is 0 Å². The lowest BCUT2D eigenvalue weighted by molar-refractivity contribution is 0.688. The SMILES string of the molecule is CCC(C)c1ccc(CCNCCN)cc1. The van der Waals surface area contributed by atoms with Crippen molar-refractivity contribution in [3.8, 4) is 0 Å². The Balaban J connectivity index is 2.39. The molecule has 2 nitrogen and oxygen atoms in total. The van der Waals surface area contributed by atoms with Gasteiger partial charge in [0.05, 0.1) is 0 Å². The Morgan fingerprint density at radius 2 is 1.88 bits per heavy atom. The van der Waals surface area contributed by atoms with Gasteiger partial charge in [0.2, 0.25) is 0 Å². The molecule has 0 radical (unpaired) electrons. The summed E-state index contributed by atoms with van der Waals surface area (Å²) in [6.45, 7) is 7.14. The van der Waals surface area contributed by atoms with Crippen LogP contribution in [0.15, 0.2) is 24.3 Å². The van der Waals surface area contributed by atoms with Crippen LogP contribution in [-0.4, -0.2) is 19.6 Å². The predicted octanol–water partition coefficient (Wildman–Crippen LogP) is 2.29. The van der Waals surface area contributed by atoms with Crippen molar-refractivity contribution in [2.45, 2.75) is 32.6 Å². The summed E-state index contributed by atoms with van der Waals surface area (Å²) in [4.78, 5) is 0. The molecule has 0 spiro atoms. The van der Waals surface area contributed by atoms with Gasteiger partial charge in [-0.3, -0.25) is 0 Å². The minimum absolute atomic E-state index is 0.671. The molecule has 0 aliphatic carbocycles. The summed E-state index contributed by atoms with van der Waals surface area (Å²) in [6.07, 6.45) is 2.29. The second-order valence-corrected chi connectivity index (χ2v) is 4.34. The topological polar surface area (TPSA) is 38.0 Å². The van der Waals surface area contributed by atoms with E-state index in [9.17, 15) is 0 Å². The molecule has 1 rings (SSSR count). The Hall–Kier alpha value is -0.860. The van der Waals surface area contributed by atoms with Gasteiger partial charge in [-0.05, 0) is 36.4 Å². The number of nitrogens with one attached hydrogen (secondary N) is 1. The van der Waals surface area contributed by atoms with Gasteiger partial charge in [-0.15, -0.1) is 0 Å². The maximum Gasteiger partial charge on any atom is 0.00746 e. The van der Waals surface area contributed by atoms with E-state index in [1.165, 1.54) is 17.5 Å². The van der Waals surface area contributed by atoms with Gasteiger partial charge in [0.1, 0.15) is 0 Å². The second-order valence-electron chi connectivity index (χ2n) is 4.34. The Kier molecular flexibility index (Phi) is 6.12. The zero-order chi connectivity index (χ0) is 11.8. The van der Waals surface area contributed by atoms with Crippen LogP contribution >= 0.6 is 0 Å². The molecule has 0 bridgehead atoms. The summed E-state index contributed by atoms with van der Waals surface area (Å²) >= 11 is 0. The maximum atomic E-state index is 5.41. The normalized spacial score (nSPS) is 12.7. The van der Waals surface area contributed by atoms with Gasteiger partial charge in [-0.2, -0.15) is 0 Å². The first-order valence-corrected chi connectivity index (χ1v) is 6.27. The lowest BCUT2D eigenvalue weighted by atomic mass is 9.97. The Bertz CT molecular complexity index is 279. The van der Waals surface area contributed by atoms with Crippen LogP contribution in [0, 0.1) is 0 Å². The summed E-state index contributed by atoms with van der Waals surface area (Å²) in [5.74, 6) is 0.671. The monoisotopic (exact) mass is 220 g/mol. The van der Waals surface area contributed by atoms with E-state index in [1.54, 1.807) is 0 Å². The first kappa shape index (κ1) is 13.2. The highest BCUT2D eigenvalue weighted by Crippen LogP contribution is 2.18. The van der Waals surface area contributed by atoms with E-state index >= 15 is 0 Å². The first-order chi connectivity index (χ1) is 7.77. The number of nitrogens with two attached hydrogens (primary N) is 1. The predicted molar refractivity (Wildman–Crippen MR) is 70.8 cm³/mol. The van der Waals surface area contributed by atoms with E-state index in [-0.39, 0.29) is 0 Å². The summed E-state index contributed by atoms with van der Waals surface area (Å²) in [7, 11) is 0. The Labute approximate surface area is 99.2 Å². The zero-order valence-electron chi connectivity index (χ0n) is 10.5. The van der Waals surface area contributed by atoms with Gasteiger partial charge in [-0.1, -0.05) is 38.1 Å². The largest absolute Gasteiger partial charge is 0.329 e. The van der Waals surface area contributed by atoms with Gasteiger partial charge < -0.3 is 11.1 Å². The Morgan fingerprint density at radius 1 is 1.19 bits per heavy atom. The highest BCUT2D eigenvalue weighted by atomic mass is 14.9. The van der Waals surface area contributed by atoms with Gasteiger partial charge in [0, 0.05) is 13.1 Å². The summed E-state index contributed by atoms with van der Waals surface area (Å²) < 4.78 is 0. The lowest BCUT2D eigenvalue weighted by Crippen LogP contribution is -2.24. The molecule has 1 unspecified atom stereocenters. The number of hydrogen-bond acceptors (Lipinski definition) is 2. The third-order valence-corrected chi connectivity index (χ3v) is 3.07. The number of benzene rings is 1. The number of rotatable bonds is 7. The second kappa shape index (κ2) is 7.42. The van der Waals surface area contributed by atoms with Crippen LogP contribution in [0.5, 0.6) is 0 Å². The third kappa shape index (κ3) is 4.33. The third-order valence-electron chi connectivity index (χ3n) is 3.07. The summed E-state index contributed by atoms with van der Waals surface area (Å²) in [6, 6.07) is 9.00. The van der Waals surface area contributed by atoms with Crippen molar-refractivity contribution in [1.82, 2.24) is 5.32 Å². The van der Waals surface area contributed by atoms with Crippen LogP contribution < -0.4 is 11.1 Å². The maximum absolute atomic E-state index is 5.41. The molecule has 90 valence electrons. The molecular weight excluding hydrogens is 196 g/mol. The van der Waals surface area contributed by atoms with Gasteiger partial charge in [0.25, 0.3) is 0 Å². The van der Waals surface area contributed by atoms with Crippen molar-refractivity contribution in [3.63, 3.8) is 0 Å². The van der Waals surface area contributed by atoms with E-state index < -0.39 is 0 Å². The average Bonchev–Trinajstić information content (AvgIpc) is 2.34. The van der Waals surface area contributed by atoms with E-state index in [2.05, 4.69) is 43.4 Å². The van der Waals surface area contributed by atoms with Crippen LogP contribution in [0.4, 0.5) is 0 Å². The Morgan fingerprint density at radius 3 is 2.44 bits per heavy atom. The highest BCUT2D eigenvalue weighted by molar-refractivity contribution is 5.25. The molecule has 0 heterocycles. The molecule has 0 aromatic heterocycles. The fraction of sp³-hybridized carbons (Fsp3) is 0.571. The van der Waals surface area contributed by atoms with Crippen LogP contribution in [0.1, 0.15) is 37.3 Å². The first-order valence-electron chi connectivity index (χ1n) is 6.27. The summed E-state index contributed by atoms with van der Waals surface area (Å²) in [5, 5.41) is 3.31. The van der Waals surface area contributed by atoms with Gasteiger partial charge in [-0.25, -0.2) is 0 Å². The molecule has 0 amide bonds. The molecule has 1 aromatic rings. The van der Waals surface area contributed by atoms with Crippen LogP contribution in [0.2, 0.25) is 0 Å². The summed E-state index contributed by atoms with van der Waals surface area (Å²) in [5.41, 5.74) is 8.26. The van der Waals surface area contributed by atoms with Gasteiger partial charge in [0.15, 0.2) is 0 Å². The molecule has 1 atom stereocenters. The smallest absolute Gasteiger partial charge is 0.00746 e. The molecule has 0 aliphatic heterocycles. The van der Waals surface area contributed by atoms with Crippen LogP contribution in [0.3, 0.4) is 0 Å². The van der Waals surface area contributed by atoms with Crippen molar-refractivity contribution >= 4 is 0 Å². The fourth-order valence-corrected chi connectivity index (χ4v) is 1.71. The quantitative estimate of drug-likeness (QED) is 0.692. The fourth-order valence-electron chi connectivity index (χ4n) is 1.71. The minimum Gasteiger partial charge on any atom is -0.329 e.